The van der Waals surface area contributed by atoms with Gasteiger partial charge >= 0.3 is 0 Å². The van der Waals surface area contributed by atoms with Crippen molar-refractivity contribution in [2.75, 3.05) is 26.2 Å². The number of halogens is 2. The molecule has 4 rings (SSSR count). The molecule has 0 heterocycles. The Kier molecular flexibility index (Phi) is 7.95. The van der Waals surface area contributed by atoms with E-state index in [1.54, 1.807) is 0 Å². The lowest BCUT2D eigenvalue weighted by atomic mass is 9.71. The molecule has 176 valence electrons. The summed E-state index contributed by atoms with van der Waals surface area (Å²) in [4.78, 5) is 2.11. The maximum absolute atomic E-state index is 12.5. The number of nitrogens with zero attached hydrogens (tertiary/aromatic N) is 1. The number of benzene rings is 4. The van der Waals surface area contributed by atoms with Gasteiger partial charge in [-0.05, 0) is 88.2 Å². The molecular formula is C29H29BrClNO2. The number of ether oxygens (including phenoxy) is 1. The van der Waals surface area contributed by atoms with Crippen LogP contribution in [0.2, 0.25) is 5.02 Å². The van der Waals surface area contributed by atoms with Crippen LogP contribution >= 0.6 is 27.5 Å². The average molecular weight is 539 g/mol. The van der Waals surface area contributed by atoms with Gasteiger partial charge in [0.1, 0.15) is 16.9 Å². The summed E-state index contributed by atoms with van der Waals surface area (Å²) in [6.45, 7) is 0.742. The zero-order valence-corrected chi connectivity index (χ0v) is 21.8. The minimum Gasteiger partial charge on any atom is -0.482 e. The second-order valence-electron chi connectivity index (χ2n) is 8.85. The fourth-order valence-corrected chi connectivity index (χ4v) is 4.94. The van der Waals surface area contributed by atoms with Crippen molar-refractivity contribution in [1.82, 2.24) is 4.90 Å². The van der Waals surface area contributed by atoms with Crippen molar-refractivity contribution < 1.29 is 9.84 Å². The molecule has 0 fully saturated rings. The highest BCUT2D eigenvalue weighted by molar-refractivity contribution is 9.09. The molecule has 0 saturated heterocycles. The third-order valence-corrected chi connectivity index (χ3v) is 6.77. The highest BCUT2D eigenvalue weighted by atomic mass is 79.9. The number of alkyl halides is 1. The van der Waals surface area contributed by atoms with Crippen LogP contribution in [0.25, 0.3) is 10.8 Å². The third-order valence-electron chi connectivity index (χ3n) is 6.29. The van der Waals surface area contributed by atoms with Gasteiger partial charge in [-0.3, -0.25) is 0 Å². The van der Waals surface area contributed by atoms with Crippen LogP contribution in [-0.2, 0) is 5.60 Å². The molecule has 34 heavy (non-hydrogen) atoms. The Morgan fingerprint density at radius 3 is 2.24 bits per heavy atom. The van der Waals surface area contributed by atoms with Gasteiger partial charge in [-0.1, -0.05) is 78.3 Å². The van der Waals surface area contributed by atoms with Crippen molar-refractivity contribution in [2.45, 2.75) is 17.9 Å². The minimum absolute atomic E-state index is 0.294. The smallest absolute Gasteiger partial charge is 0.143 e. The van der Waals surface area contributed by atoms with E-state index in [9.17, 15) is 5.11 Å². The van der Waals surface area contributed by atoms with E-state index < -0.39 is 5.60 Å². The molecule has 2 atom stereocenters. The van der Waals surface area contributed by atoms with Crippen molar-refractivity contribution >= 4 is 38.3 Å². The molecule has 0 saturated carbocycles. The SMILES string of the molecule is CN(C)CCC(O)(c1ccccc1)C(c1ccc(Cl)cc1)c1ccc2ccc(OCBr)cc2c1. The largest absolute Gasteiger partial charge is 0.482 e. The molecule has 2 unspecified atom stereocenters. The van der Waals surface area contributed by atoms with Crippen LogP contribution in [0, 0.1) is 0 Å². The first kappa shape index (κ1) is 24.7. The first-order valence-corrected chi connectivity index (χ1v) is 12.8. The number of aliphatic hydroxyl groups is 1. The van der Waals surface area contributed by atoms with Gasteiger partial charge < -0.3 is 14.7 Å². The molecule has 5 heteroatoms. The van der Waals surface area contributed by atoms with E-state index in [4.69, 9.17) is 16.3 Å². The molecule has 0 radical (unpaired) electrons. The summed E-state index contributed by atoms with van der Waals surface area (Å²) in [5.74, 6) is 0.507. The standard InChI is InChI=1S/C29H29BrClNO2/c1-32(2)17-16-29(33,25-6-4-3-5-7-25)28(22-10-13-26(31)14-11-22)23-9-8-21-12-15-27(34-20-30)19-24(21)18-23/h3-15,18-19,28,33H,16-17,20H2,1-2H3. The summed E-state index contributed by atoms with van der Waals surface area (Å²) in [6, 6.07) is 30.3. The molecule has 0 aliphatic heterocycles. The van der Waals surface area contributed by atoms with Crippen LogP contribution in [0.1, 0.15) is 29.0 Å². The van der Waals surface area contributed by atoms with Crippen molar-refractivity contribution in [1.29, 1.82) is 0 Å². The van der Waals surface area contributed by atoms with Gasteiger partial charge in [-0.2, -0.15) is 0 Å². The third kappa shape index (κ3) is 5.47. The molecule has 4 aromatic carbocycles. The molecule has 0 amide bonds. The highest BCUT2D eigenvalue weighted by Gasteiger charge is 2.40. The van der Waals surface area contributed by atoms with Crippen LogP contribution in [0.3, 0.4) is 0 Å². The molecule has 0 aromatic heterocycles. The maximum atomic E-state index is 12.5. The second-order valence-corrected chi connectivity index (χ2v) is 9.74. The molecule has 0 aliphatic rings. The van der Waals surface area contributed by atoms with Gasteiger partial charge in [-0.15, -0.1) is 0 Å². The zero-order chi connectivity index (χ0) is 24.1. The fraction of sp³-hybridized carbons (Fsp3) is 0.241. The number of rotatable bonds is 9. The Balaban J connectivity index is 1.91. The Morgan fingerprint density at radius 2 is 1.56 bits per heavy atom. The summed E-state index contributed by atoms with van der Waals surface area (Å²) in [6.07, 6.45) is 0.572. The van der Waals surface area contributed by atoms with Gasteiger partial charge in [0.05, 0.1) is 0 Å². The van der Waals surface area contributed by atoms with Crippen molar-refractivity contribution in [2.24, 2.45) is 0 Å². The van der Waals surface area contributed by atoms with Crippen LogP contribution in [0.5, 0.6) is 5.75 Å². The molecule has 0 bridgehead atoms. The quantitative estimate of drug-likeness (QED) is 0.229. The summed E-state index contributed by atoms with van der Waals surface area (Å²) in [7, 11) is 4.06. The van der Waals surface area contributed by atoms with E-state index in [-0.39, 0.29) is 5.92 Å². The molecule has 1 N–H and O–H groups in total. The van der Waals surface area contributed by atoms with E-state index in [1.807, 2.05) is 80.8 Å². The first-order chi connectivity index (χ1) is 16.4. The van der Waals surface area contributed by atoms with Crippen LogP contribution in [0.4, 0.5) is 0 Å². The number of fused-ring (bicyclic) bond motifs is 1. The highest BCUT2D eigenvalue weighted by Crippen LogP contribution is 2.45. The second kappa shape index (κ2) is 10.9. The topological polar surface area (TPSA) is 32.7 Å². The van der Waals surface area contributed by atoms with E-state index in [0.29, 0.717) is 17.0 Å². The summed E-state index contributed by atoms with van der Waals surface area (Å²) < 4.78 is 5.66. The first-order valence-electron chi connectivity index (χ1n) is 11.3. The lowest BCUT2D eigenvalue weighted by molar-refractivity contribution is 0.00451. The van der Waals surface area contributed by atoms with E-state index in [0.717, 1.165) is 39.8 Å². The number of hydrogen-bond acceptors (Lipinski definition) is 3. The molecule has 0 aliphatic carbocycles. The van der Waals surface area contributed by atoms with E-state index >= 15 is 0 Å². The van der Waals surface area contributed by atoms with Gasteiger partial charge in [0.25, 0.3) is 0 Å². The van der Waals surface area contributed by atoms with Gasteiger partial charge in [0, 0.05) is 17.5 Å². The van der Waals surface area contributed by atoms with Crippen molar-refractivity contribution in [3.63, 3.8) is 0 Å². The minimum atomic E-state index is -1.13. The zero-order valence-electron chi connectivity index (χ0n) is 19.4. The maximum Gasteiger partial charge on any atom is 0.143 e. The average Bonchev–Trinajstić information content (AvgIpc) is 2.85. The van der Waals surface area contributed by atoms with Crippen LogP contribution in [-0.4, -0.2) is 36.2 Å². The van der Waals surface area contributed by atoms with Crippen LogP contribution in [0.15, 0.2) is 91.0 Å². The Bertz CT molecular complexity index is 1230. The lowest BCUT2D eigenvalue weighted by Gasteiger charge is -2.38. The van der Waals surface area contributed by atoms with Gasteiger partial charge in [-0.25, -0.2) is 0 Å². The monoisotopic (exact) mass is 537 g/mol. The molecule has 3 nitrogen and oxygen atoms in total. The summed E-state index contributed by atoms with van der Waals surface area (Å²) in [5, 5.41) is 15.4. The Labute approximate surface area is 215 Å². The lowest BCUT2D eigenvalue weighted by Crippen LogP contribution is -2.37. The molecular weight excluding hydrogens is 510 g/mol. The molecule has 0 spiro atoms. The van der Waals surface area contributed by atoms with E-state index in [1.165, 1.54) is 0 Å². The van der Waals surface area contributed by atoms with Gasteiger partial charge in [0.2, 0.25) is 0 Å². The van der Waals surface area contributed by atoms with Crippen LogP contribution < -0.4 is 4.74 Å². The Morgan fingerprint density at radius 1 is 0.882 bits per heavy atom. The summed E-state index contributed by atoms with van der Waals surface area (Å²) >= 11 is 9.57. The van der Waals surface area contributed by atoms with Crippen molar-refractivity contribution in [3.05, 3.63) is 113 Å². The Hall–Kier alpha value is -2.37. The number of hydrogen-bond donors (Lipinski definition) is 1. The van der Waals surface area contributed by atoms with E-state index in [2.05, 4.69) is 45.1 Å². The van der Waals surface area contributed by atoms with Crippen molar-refractivity contribution in [3.8, 4) is 5.75 Å². The van der Waals surface area contributed by atoms with Gasteiger partial charge in [0.15, 0.2) is 0 Å². The normalized spacial score (nSPS) is 14.2. The molecule has 4 aromatic rings. The summed E-state index contributed by atoms with van der Waals surface area (Å²) in [5.41, 5.74) is 2.26. The fourth-order valence-electron chi connectivity index (χ4n) is 4.55. The predicted octanol–water partition coefficient (Wildman–Crippen LogP) is 7.20. The predicted molar refractivity (Wildman–Crippen MR) is 145 cm³/mol.